The van der Waals surface area contributed by atoms with Crippen molar-refractivity contribution >= 4 is 19.7 Å². The number of nitrogens with zero attached hydrogens (tertiary/aromatic N) is 1. The van der Waals surface area contributed by atoms with Gasteiger partial charge in [0.15, 0.2) is 0 Å². The van der Waals surface area contributed by atoms with Crippen LogP contribution in [0.25, 0.3) is 0 Å². The lowest BCUT2D eigenvalue weighted by atomic mass is 10.1. The summed E-state index contributed by atoms with van der Waals surface area (Å²) in [6.07, 6.45) is 54.0. The Kier molecular flexibility index (Phi) is 44.3. The van der Waals surface area contributed by atoms with Crippen LogP contribution >= 0.6 is 7.82 Å². The Morgan fingerprint density at radius 1 is 0.538 bits per heavy atom. The van der Waals surface area contributed by atoms with Gasteiger partial charge in [-0.15, -0.1) is 0 Å². The number of hydrogen-bond donors (Lipinski definition) is 2. The average molecular weight is 936 g/mol. The van der Waals surface area contributed by atoms with Crippen molar-refractivity contribution in [3.63, 3.8) is 0 Å². The van der Waals surface area contributed by atoms with E-state index in [1.807, 2.05) is 39.4 Å². The maximum Gasteiger partial charge on any atom is 0.472 e. The summed E-state index contributed by atoms with van der Waals surface area (Å²) >= 11 is 0. The molecule has 0 rings (SSSR count). The van der Waals surface area contributed by atoms with Crippen LogP contribution in [-0.4, -0.2) is 74.3 Å². The number of ether oxygens (including phenoxy) is 1. The molecule has 0 heterocycles. The second kappa shape index (κ2) is 45.7. The van der Waals surface area contributed by atoms with E-state index in [9.17, 15) is 19.0 Å². The van der Waals surface area contributed by atoms with Crippen LogP contribution in [0.15, 0.2) is 48.6 Å². The third kappa shape index (κ3) is 46.9. The second-order valence-corrected chi connectivity index (χ2v) is 20.8. The minimum atomic E-state index is -4.45. The first-order valence-electron chi connectivity index (χ1n) is 27.0. The van der Waals surface area contributed by atoms with Crippen LogP contribution in [0.3, 0.4) is 0 Å². The van der Waals surface area contributed by atoms with E-state index >= 15 is 0 Å². The average Bonchev–Trinajstić information content (AvgIpc) is 3.26. The summed E-state index contributed by atoms with van der Waals surface area (Å²) in [5.74, 6) is -0.588. The van der Waals surface area contributed by atoms with Gasteiger partial charge in [0.2, 0.25) is 5.91 Å². The van der Waals surface area contributed by atoms with Crippen LogP contribution in [0.1, 0.15) is 239 Å². The topological polar surface area (TPSA) is 111 Å². The molecular weight excluding hydrogens is 832 g/mol. The molecule has 0 aliphatic rings. The maximum atomic E-state index is 13.4. The molecule has 0 saturated heterocycles. The van der Waals surface area contributed by atoms with Crippen molar-refractivity contribution in [2.75, 3.05) is 40.9 Å². The Labute approximate surface area is 401 Å². The molecule has 1 amide bonds. The van der Waals surface area contributed by atoms with E-state index in [-0.39, 0.29) is 25.5 Å². The molecule has 3 atom stereocenters. The zero-order chi connectivity index (χ0) is 48.0. The van der Waals surface area contributed by atoms with Gasteiger partial charge < -0.3 is 19.4 Å². The molecule has 0 radical (unpaired) electrons. The molecule has 380 valence electrons. The molecule has 0 saturated carbocycles. The maximum absolute atomic E-state index is 13.4. The third-order valence-corrected chi connectivity index (χ3v) is 12.7. The number of carbonyl (C=O) groups is 2. The van der Waals surface area contributed by atoms with E-state index in [0.29, 0.717) is 23.9 Å². The first kappa shape index (κ1) is 63.0. The first-order valence-corrected chi connectivity index (χ1v) is 28.5. The van der Waals surface area contributed by atoms with Gasteiger partial charge >= 0.3 is 13.8 Å². The standard InChI is InChI=1S/C55H103N2O7P/c1-7-10-13-16-19-22-25-27-28-30-32-35-38-41-44-47-54(58)56-52(51-63-65(60,61)62-50-49-57(4,5)6)53(46-43-40-37-34-31-24-21-18-15-12-9-3)64-55(59)48-45-42-39-36-33-29-26-23-20-17-14-11-8-2/h22,25,29,33,39,42-43,46,52-53H,7-21,23-24,26-28,30-32,34-38,40-41,44-45,47-51H2,1-6H3,(H-,56,58,60,61)/p+1/b25-22-,33-29-,42-39+,46-43+. The van der Waals surface area contributed by atoms with Crippen LogP contribution in [-0.2, 0) is 27.9 Å². The molecule has 0 fully saturated rings. The lowest BCUT2D eigenvalue weighted by Gasteiger charge is -2.27. The van der Waals surface area contributed by atoms with Crippen molar-refractivity contribution in [2.24, 2.45) is 0 Å². The molecule has 2 N–H and O–H groups in total. The second-order valence-electron chi connectivity index (χ2n) is 19.4. The Balaban J connectivity index is 5.46. The fourth-order valence-corrected chi connectivity index (χ4v) is 8.25. The molecule has 65 heavy (non-hydrogen) atoms. The lowest BCUT2D eigenvalue weighted by Crippen LogP contribution is -2.47. The molecular formula is C55H104N2O7P+. The van der Waals surface area contributed by atoms with E-state index in [0.717, 1.165) is 64.2 Å². The summed E-state index contributed by atoms with van der Waals surface area (Å²) in [6, 6.07) is -0.869. The zero-order valence-electron chi connectivity index (χ0n) is 43.2. The number of allylic oxidation sites excluding steroid dienone is 7. The highest BCUT2D eigenvalue weighted by Crippen LogP contribution is 2.43. The van der Waals surface area contributed by atoms with Gasteiger partial charge in [-0.3, -0.25) is 18.6 Å². The van der Waals surface area contributed by atoms with Gasteiger partial charge in [0, 0.05) is 12.8 Å². The number of rotatable bonds is 48. The van der Waals surface area contributed by atoms with Gasteiger partial charge in [-0.1, -0.05) is 198 Å². The largest absolute Gasteiger partial charge is 0.472 e. The molecule has 0 aromatic heterocycles. The van der Waals surface area contributed by atoms with Crippen molar-refractivity contribution < 1.29 is 37.3 Å². The highest BCUT2D eigenvalue weighted by molar-refractivity contribution is 7.47. The van der Waals surface area contributed by atoms with Gasteiger partial charge in [0.1, 0.15) is 19.3 Å². The van der Waals surface area contributed by atoms with Gasteiger partial charge in [0.25, 0.3) is 0 Å². The van der Waals surface area contributed by atoms with E-state index in [1.165, 1.54) is 135 Å². The van der Waals surface area contributed by atoms with Gasteiger partial charge in [-0.25, -0.2) is 4.57 Å². The molecule has 0 bridgehead atoms. The van der Waals surface area contributed by atoms with Crippen LogP contribution in [0.4, 0.5) is 0 Å². The number of phosphoric ester groups is 1. The van der Waals surface area contributed by atoms with Crippen molar-refractivity contribution in [1.82, 2.24) is 5.32 Å². The highest BCUT2D eigenvalue weighted by atomic mass is 31.2. The van der Waals surface area contributed by atoms with E-state index < -0.39 is 25.9 Å². The number of unbranched alkanes of at least 4 members (excludes halogenated alkanes) is 26. The molecule has 3 unspecified atom stereocenters. The SMILES string of the molecule is CCCCCC/C=C\CCCCCCCCCC(=O)NC(COP(=O)(O)OCC[N+](C)(C)C)C(/C=C/CCCCCCCCCCC)OC(=O)CC/C=C/C/C=C\CCCCCCCC. The predicted octanol–water partition coefficient (Wildman–Crippen LogP) is 15.8. The Hall–Kier alpha value is -2.03. The number of amides is 1. The Morgan fingerprint density at radius 2 is 0.954 bits per heavy atom. The summed E-state index contributed by atoms with van der Waals surface area (Å²) in [7, 11) is 1.47. The summed E-state index contributed by atoms with van der Waals surface area (Å²) in [4.78, 5) is 37.4. The van der Waals surface area contributed by atoms with Gasteiger partial charge in [-0.05, 0) is 76.7 Å². The number of quaternary nitrogens is 1. The molecule has 0 aromatic carbocycles. The van der Waals surface area contributed by atoms with Crippen LogP contribution in [0, 0.1) is 0 Å². The highest BCUT2D eigenvalue weighted by Gasteiger charge is 2.30. The van der Waals surface area contributed by atoms with E-state index in [2.05, 4.69) is 56.5 Å². The molecule has 0 aliphatic heterocycles. The van der Waals surface area contributed by atoms with Crippen LogP contribution in [0.2, 0.25) is 0 Å². The van der Waals surface area contributed by atoms with Crippen LogP contribution in [0.5, 0.6) is 0 Å². The van der Waals surface area contributed by atoms with Gasteiger partial charge in [0.05, 0.1) is 33.8 Å². The van der Waals surface area contributed by atoms with E-state index in [1.54, 1.807) is 0 Å². The molecule has 0 aromatic rings. The fourth-order valence-electron chi connectivity index (χ4n) is 7.52. The molecule has 0 spiro atoms. The van der Waals surface area contributed by atoms with Crippen molar-refractivity contribution in [2.45, 2.75) is 251 Å². The number of likely N-dealkylation sites (N-methyl/N-ethyl adjacent to an activating group) is 1. The van der Waals surface area contributed by atoms with Crippen molar-refractivity contribution in [3.8, 4) is 0 Å². The Bertz CT molecular complexity index is 1260. The number of phosphoric acid groups is 1. The van der Waals surface area contributed by atoms with E-state index in [4.69, 9.17) is 13.8 Å². The molecule has 10 heteroatoms. The van der Waals surface area contributed by atoms with Crippen molar-refractivity contribution in [1.29, 1.82) is 0 Å². The third-order valence-electron chi connectivity index (χ3n) is 11.8. The Morgan fingerprint density at radius 3 is 1.45 bits per heavy atom. The number of hydrogen-bond acceptors (Lipinski definition) is 6. The monoisotopic (exact) mass is 936 g/mol. The molecule has 9 nitrogen and oxygen atoms in total. The predicted molar refractivity (Wildman–Crippen MR) is 277 cm³/mol. The van der Waals surface area contributed by atoms with Crippen LogP contribution < -0.4 is 5.32 Å². The normalized spacial score (nSPS) is 14.3. The van der Waals surface area contributed by atoms with Gasteiger partial charge in [-0.2, -0.15) is 0 Å². The first-order chi connectivity index (χ1) is 31.4. The zero-order valence-corrected chi connectivity index (χ0v) is 44.1. The summed E-state index contributed by atoms with van der Waals surface area (Å²) < 4.78 is 30.4. The number of carbonyl (C=O) groups excluding carboxylic acids is 2. The summed E-state index contributed by atoms with van der Waals surface area (Å²) in [5.41, 5.74) is 0. The number of nitrogens with one attached hydrogen (secondary N) is 1. The fraction of sp³-hybridized carbons (Fsp3) is 0.818. The smallest absolute Gasteiger partial charge is 0.456 e. The van der Waals surface area contributed by atoms with Crippen molar-refractivity contribution in [3.05, 3.63) is 48.6 Å². The quantitative estimate of drug-likeness (QED) is 0.0205. The lowest BCUT2D eigenvalue weighted by molar-refractivity contribution is -0.870. The minimum Gasteiger partial charge on any atom is -0.456 e. The molecule has 0 aliphatic carbocycles. The summed E-state index contributed by atoms with van der Waals surface area (Å²) in [5, 5.41) is 3.02. The number of esters is 1. The minimum absolute atomic E-state index is 0.0318. The summed E-state index contributed by atoms with van der Waals surface area (Å²) in [6.45, 7) is 6.93.